The fourth-order valence-electron chi connectivity index (χ4n) is 2.33. The Labute approximate surface area is 102 Å². The quantitative estimate of drug-likeness (QED) is 0.759. The van der Waals surface area contributed by atoms with Crippen LogP contribution in [0.1, 0.15) is 62.6 Å². The molecule has 1 heterocycles. The van der Waals surface area contributed by atoms with Crippen LogP contribution in [0.15, 0.2) is 4.52 Å². The van der Waals surface area contributed by atoms with Gasteiger partial charge in [-0.2, -0.15) is 4.98 Å². The Balaban J connectivity index is 1.97. The summed E-state index contributed by atoms with van der Waals surface area (Å²) in [5.41, 5.74) is 0. The van der Waals surface area contributed by atoms with Crippen LogP contribution < -0.4 is 0 Å². The molecule has 1 aliphatic rings. The minimum absolute atomic E-state index is 0.508. The van der Waals surface area contributed by atoms with Crippen molar-refractivity contribution in [2.24, 2.45) is 0 Å². The van der Waals surface area contributed by atoms with Crippen LogP contribution in [0.5, 0.6) is 0 Å². The predicted octanol–water partition coefficient (Wildman–Crippen LogP) is 3.68. The van der Waals surface area contributed by atoms with E-state index < -0.39 is 0 Å². The normalized spacial score (nSPS) is 19.3. The van der Waals surface area contributed by atoms with E-state index in [0.29, 0.717) is 24.1 Å². The highest BCUT2D eigenvalue weighted by Crippen LogP contribution is 2.29. The molecule has 16 heavy (non-hydrogen) atoms. The molecule has 0 atom stereocenters. The molecule has 2 rings (SSSR count). The molecule has 0 bridgehead atoms. The highest BCUT2D eigenvalue weighted by Gasteiger charge is 2.18. The van der Waals surface area contributed by atoms with Crippen LogP contribution in [0, 0.1) is 0 Å². The second kappa shape index (κ2) is 6.24. The fraction of sp³-hybridized carbons (Fsp3) is 0.833. The number of alkyl halides is 1. The number of aromatic nitrogens is 2. The highest BCUT2D eigenvalue weighted by molar-refractivity contribution is 6.17. The molecule has 0 aliphatic heterocycles. The molecule has 0 aromatic carbocycles. The first-order chi connectivity index (χ1) is 7.90. The lowest BCUT2D eigenvalue weighted by molar-refractivity contribution is 0.364. The summed E-state index contributed by atoms with van der Waals surface area (Å²) in [6.07, 6.45) is 9.78. The lowest BCUT2D eigenvalue weighted by Gasteiger charge is -2.15. The monoisotopic (exact) mass is 242 g/mol. The Morgan fingerprint density at radius 3 is 2.50 bits per heavy atom. The van der Waals surface area contributed by atoms with Gasteiger partial charge in [-0.1, -0.05) is 37.3 Å². The zero-order valence-electron chi connectivity index (χ0n) is 9.62. The molecule has 1 saturated carbocycles. The molecular weight excluding hydrogens is 224 g/mol. The van der Waals surface area contributed by atoms with E-state index in [0.717, 1.165) is 5.82 Å². The van der Waals surface area contributed by atoms with Gasteiger partial charge >= 0.3 is 0 Å². The standard InChI is InChI=1S/C12H19ClN2O/c13-9-8-11-14-12(15-16-11)10-6-4-2-1-3-5-7-10/h10H,1-9H2. The fourth-order valence-corrected chi connectivity index (χ4v) is 2.49. The Kier molecular flexibility index (Phi) is 4.64. The molecule has 0 saturated heterocycles. The number of aryl methyl sites for hydroxylation is 1. The van der Waals surface area contributed by atoms with Crippen molar-refractivity contribution in [2.45, 2.75) is 57.3 Å². The molecule has 0 amide bonds. The average molecular weight is 243 g/mol. The maximum absolute atomic E-state index is 5.65. The van der Waals surface area contributed by atoms with Gasteiger partial charge in [0.05, 0.1) is 0 Å². The Morgan fingerprint density at radius 2 is 1.81 bits per heavy atom. The number of hydrogen-bond donors (Lipinski definition) is 0. The van der Waals surface area contributed by atoms with Gasteiger partial charge < -0.3 is 4.52 Å². The maximum atomic E-state index is 5.65. The van der Waals surface area contributed by atoms with Crippen LogP contribution in [0.2, 0.25) is 0 Å². The van der Waals surface area contributed by atoms with Gasteiger partial charge in [-0.3, -0.25) is 0 Å². The smallest absolute Gasteiger partial charge is 0.227 e. The van der Waals surface area contributed by atoms with Gasteiger partial charge in [-0.15, -0.1) is 11.6 Å². The van der Waals surface area contributed by atoms with Gasteiger partial charge in [0.15, 0.2) is 5.82 Å². The molecule has 0 N–H and O–H groups in total. The van der Waals surface area contributed by atoms with Crippen LogP contribution in [-0.4, -0.2) is 16.0 Å². The van der Waals surface area contributed by atoms with E-state index in [9.17, 15) is 0 Å². The lowest BCUT2D eigenvalue weighted by atomic mass is 9.91. The molecular formula is C12H19ClN2O. The summed E-state index contributed by atoms with van der Waals surface area (Å²) in [5, 5.41) is 4.09. The number of rotatable bonds is 3. The second-order valence-electron chi connectivity index (χ2n) is 4.53. The summed E-state index contributed by atoms with van der Waals surface area (Å²) in [7, 11) is 0. The molecule has 1 aromatic heterocycles. The van der Waals surface area contributed by atoms with E-state index in [1.807, 2.05) is 0 Å². The highest BCUT2D eigenvalue weighted by atomic mass is 35.5. The van der Waals surface area contributed by atoms with Crippen molar-refractivity contribution >= 4 is 11.6 Å². The van der Waals surface area contributed by atoms with Crippen molar-refractivity contribution in [1.82, 2.24) is 10.1 Å². The Morgan fingerprint density at radius 1 is 1.12 bits per heavy atom. The van der Waals surface area contributed by atoms with Crippen molar-refractivity contribution in [3.05, 3.63) is 11.7 Å². The van der Waals surface area contributed by atoms with Crippen LogP contribution in [0.3, 0.4) is 0 Å². The van der Waals surface area contributed by atoms with Crippen LogP contribution in [0.4, 0.5) is 0 Å². The molecule has 90 valence electrons. The van der Waals surface area contributed by atoms with Gasteiger partial charge in [0.25, 0.3) is 0 Å². The number of halogens is 1. The van der Waals surface area contributed by atoms with E-state index in [4.69, 9.17) is 16.1 Å². The Bertz CT molecular complexity index is 306. The van der Waals surface area contributed by atoms with Gasteiger partial charge in [-0.25, -0.2) is 0 Å². The molecule has 3 nitrogen and oxygen atoms in total. The Hall–Kier alpha value is -0.570. The van der Waals surface area contributed by atoms with Crippen molar-refractivity contribution in [2.75, 3.05) is 5.88 Å². The summed E-state index contributed by atoms with van der Waals surface area (Å²) in [4.78, 5) is 4.43. The zero-order valence-corrected chi connectivity index (χ0v) is 10.4. The zero-order chi connectivity index (χ0) is 11.2. The van der Waals surface area contributed by atoms with E-state index in [-0.39, 0.29) is 0 Å². The molecule has 4 heteroatoms. The SMILES string of the molecule is ClCCc1nc(C2CCCCCCC2)no1. The van der Waals surface area contributed by atoms with Gasteiger partial charge in [0.2, 0.25) is 5.89 Å². The minimum atomic E-state index is 0.508. The summed E-state index contributed by atoms with van der Waals surface area (Å²) >= 11 is 5.65. The first kappa shape index (κ1) is 11.9. The van der Waals surface area contributed by atoms with E-state index in [1.54, 1.807) is 0 Å². The minimum Gasteiger partial charge on any atom is -0.339 e. The molecule has 1 aliphatic carbocycles. The first-order valence-corrected chi connectivity index (χ1v) is 6.82. The van der Waals surface area contributed by atoms with Gasteiger partial charge in [0, 0.05) is 18.2 Å². The molecule has 0 spiro atoms. The third kappa shape index (κ3) is 3.21. The summed E-state index contributed by atoms with van der Waals surface area (Å²) in [5.74, 6) is 2.65. The van der Waals surface area contributed by atoms with Crippen LogP contribution in [0.25, 0.3) is 0 Å². The van der Waals surface area contributed by atoms with Crippen molar-refractivity contribution < 1.29 is 4.52 Å². The summed E-state index contributed by atoms with van der Waals surface area (Å²) < 4.78 is 5.18. The van der Waals surface area contributed by atoms with Crippen molar-refractivity contribution in [3.8, 4) is 0 Å². The van der Waals surface area contributed by atoms with Crippen molar-refractivity contribution in [3.63, 3.8) is 0 Å². The van der Waals surface area contributed by atoms with Gasteiger partial charge in [-0.05, 0) is 12.8 Å². The number of nitrogens with zero attached hydrogens (tertiary/aromatic N) is 2. The average Bonchev–Trinajstić information content (AvgIpc) is 2.66. The predicted molar refractivity (Wildman–Crippen MR) is 63.8 cm³/mol. The summed E-state index contributed by atoms with van der Waals surface area (Å²) in [6, 6.07) is 0. The van der Waals surface area contributed by atoms with E-state index in [1.165, 1.54) is 44.9 Å². The lowest BCUT2D eigenvalue weighted by Crippen LogP contribution is -2.04. The van der Waals surface area contributed by atoms with Crippen molar-refractivity contribution in [1.29, 1.82) is 0 Å². The number of hydrogen-bond acceptors (Lipinski definition) is 3. The molecule has 0 radical (unpaired) electrons. The topological polar surface area (TPSA) is 38.9 Å². The third-order valence-electron chi connectivity index (χ3n) is 3.26. The maximum Gasteiger partial charge on any atom is 0.227 e. The van der Waals surface area contributed by atoms with E-state index in [2.05, 4.69) is 10.1 Å². The van der Waals surface area contributed by atoms with E-state index >= 15 is 0 Å². The third-order valence-corrected chi connectivity index (χ3v) is 3.45. The van der Waals surface area contributed by atoms with Crippen LogP contribution >= 0.6 is 11.6 Å². The molecule has 0 unspecified atom stereocenters. The van der Waals surface area contributed by atoms with Gasteiger partial charge in [0.1, 0.15) is 0 Å². The summed E-state index contributed by atoms with van der Waals surface area (Å²) in [6.45, 7) is 0. The molecule has 1 fully saturated rings. The second-order valence-corrected chi connectivity index (χ2v) is 4.91. The van der Waals surface area contributed by atoms with Crippen LogP contribution in [-0.2, 0) is 6.42 Å². The first-order valence-electron chi connectivity index (χ1n) is 6.28. The largest absolute Gasteiger partial charge is 0.339 e. The molecule has 1 aromatic rings.